The van der Waals surface area contributed by atoms with Crippen LogP contribution in [0.25, 0.3) is 0 Å². The molecular weight excluding hydrogens is 318 g/mol. The molecule has 2 aromatic rings. The maximum atomic E-state index is 5.31. The predicted octanol–water partition coefficient (Wildman–Crippen LogP) is 3.17. The van der Waals surface area contributed by atoms with Crippen LogP contribution in [-0.2, 0) is 0 Å². The highest BCUT2D eigenvalue weighted by Gasteiger charge is 2.20. The predicted molar refractivity (Wildman–Crippen MR) is 83.1 cm³/mol. The molecule has 20 heavy (non-hydrogen) atoms. The summed E-state index contributed by atoms with van der Waals surface area (Å²) in [7, 11) is 3.52. The van der Waals surface area contributed by atoms with E-state index in [2.05, 4.69) is 57.2 Å². The number of nitrogens with one attached hydrogen (secondary N) is 1. The van der Waals surface area contributed by atoms with Crippen LogP contribution in [0.3, 0.4) is 0 Å². The minimum Gasteiger partial charge on any atom is -0.480 e. The molecule has 4 nitrogen and oxygen atoms in total. The summed E-state index contributed by atoms with van der Waals surface area (Å²) in [5, 5.41) is 3.29. The minimum absolute atomic E-state index is 0.0517. The van der Waals surface area contributed by atoms with Crippen molar-refractivity contribution < 1.29 is 4.74 Å². The average molecular weight is 336 g/mol. The summed E-state index contributed by atoms with van der Waals surface area (Å²) < 4.78 is 6.45. The van der Waals surface area contributed by atoms with Gasteiger partial charge in [-0.1, -0.05) is 28.1 Å². The summed E-state index contributed by atoms with van der Waals surface area (Å²) in [5.74, 6) is 0.546. The monoisotopic (exact) mass is 335 g/mol. The maximum absolute atomic E-state index is 5.31. The van der Waals surface area contributed by atoms with E-state index in [9.17, 15) is 0 Å². The third-order valence-electron chi connectivity index (χ3n) is 3.24. The highest BCUT2D eigenvalue weighted by atomic mass is 79.9. The first-order chi connectivity index (χ1) is 9.58. The molecule has 1 N–H and O–H groups in total. The topological polar surface area (TPSA) is 47.0 Å². The first-order valence-corrected chi connectivity index (χ1v) is 7.16. The zero-order valence-corrected chi connectivity index (χ0v) is 13.7. The molecule has 0 radical (unpaired) electrons. The smallest absolute Gasteiger partial charge is 0.237 e. The number of hydrogen-bond acceptors (Lipinski definition) is 4. The second-order valence-electron chi connectivity index (χ2n) is 4.64. The third-order valence-corrected chi connectivity index (χ3v) is 4.49. The number of nitrogens with zero attached hydrogens (tertiary/aromatic N) is 2. The van der Waals surface area contributed by atoms with Crippen LogP contribution in [0.5, 0.6) is 5.88 Å². The molecule has 0 saturated carbocycles. The summed E-state index contributed by atoms with van der Waals surface area (Å²) in [6.07, 6.45) is 3.31. The molecule has 0 amide bonds. The standard InChI is InChI=1S/C15H18BrN3O/c1-9-7-11(8-10(2)12(9)16)13(17-3)14-15(20-4)19-6-5-18-14/h5-8,13,17H,1-4H3. The fraction of sp³-hybridized carbons (Fsp3) is 0.333. The van der Waals surface area contributed by atoms with Gasteiger partial charge in [-0.2, -0.15) is 0 Å². The lowest BCUT2D eigenvalue weighted by Crippen LogP contribution is -2.20. The molecule has 0 aliphatic carbocycles. The van der Waals surface area contributed by atoms with Gasteiger partial charge in [0.1, 0.15) is 5.69 Å². The fourth-order valence-corrected chi connectivity index (χ4v) is 2.53. The molecule has 1 aromatic carbocycles. The quantitative estimate of drug-likeness (QED) is 0.932. The Bertz CT molecular complexity index is 593. The van der Waals surface area contributed by atoms with Crippen molar-refractivity contribution in [3.8, 4) is 5.88 Å². The molecule has 106 valence electrons. The number of aryl methyl sites for hydroxylation is 2. The average Bonchev–Trinajstić information content (AvgIpc) is 2.46. The molecule has 2 rings (SSSR count). The van der Waals surface area contributed by atoms with Crippen molar-refractivity contribution in [1.29, 1.82) is 0 Å². The molecule has 0 aliphatic rings. The first-order valence-electron chi connectivity index (χ1n) is 6.37. The normalized spacial score (nSPS) is 12.2. The number of benzene rings is 1. The van der Waals surface area contributed by atoms with E-state index in [4.69, 9.17) is 4.74 Å². The molecule has 0 bridgehead atoms. The van der Waals surface area contributed by atoms with Gasteiger partial charge in [-0.25, -0.2) is 4.98 Å². The van der Waals surface area contributed by atoms with Crippen LogP contribution in [0.4, 0.5) is 0 Å². The van der Waals surface area contributed by atoms with E-state index in [1.54, 1.807) is 19.5 Å². The van der Waals surface area contributed by atoms with E-state index in [1.807, 2.05) is 7.05 Å². The summed E-state index contributed by atoms with van der Waals surface area (Å²) in [6.45, 7) is 4.17. The van der Waals surface area contributed by atoms with Crippen molar-refractivity contribution in [1.82, 2.24) is 15.3 Å². The number of methoxy groups -OCH3 is 1. The zero-order valence-electron chi connectivity index (χ0n) is 12.1. The highest BCUT2D eigenvalue weighted by molar-refractivity contribution is 9.10. The number of ether oxygens (including phenoxy) is 1. The van der Waals surface area contributed by atoms with Crippen LogP contribution in [0.1, 0.15) is 28.4 Å². The van der Waals surface area contributed by atoms with Gasteiger partial charge >= 0.3 is 0 Å². The van der Waals surface area contributed by atoms with Gasteiger partial charge in [0.2, 0.25) is 5.88 Å². The van der Waals surface area contributed by atoms with Crippen molar-refractivity contribution in [2.45, 2.75) is 19.9 Å². The molecule has 0 saturated heterocycles. The van der Waals surface area contributed by atoms with Gasteiger partial charge < -0.3 is 10.1 Å². The Morgan fingerprint density at radius 3 is 2.30 bits per heavy atom. The van der Waals surface area contributed by atoms with Gasteiger partial charge in [0.25, 0.3) is 0 Å². The molecule has 0 spiro atoms. The Labute approximate surface area is 127 Å². The number of rotatable bonds is 4. The Hall–Kier alpha value is -1.46. The van der Waals surface area contributed by atoms with Gasteiger partial charge in [0, 0.05) is 16.9 Å². The molecule has 1 heterocycles. The van der Waals surface area contributed by atoms with Crippen molar-refractivity contribution in [3.63, 3.8) is 0 Å². The summed E-state index contributed by atoms with van der Waals surface area (Å²) >= 11 is 3.60. The van der Waals surface area contributed by atoms with Crippen LogP contribution in [0.15, 0.2) is 29.0 Å². The lowest BCUT2D eigenvalue weighted by molar-refractivity contribution is 0.384. The Morgan fingerprint density at radius 2 is 1.75 bits per heavy atom. The molecule has 1 unspecified atom stereocenters. The maximum Gasteiger partial charge on any atom is 0.237 e. The molecule has 1 atom stereocenters. The first kappa shape index (κ1) is 14.9. The lowest BCUT2D eigenvalue weighted by atomic mass is 9.99. The Balaban J connectivity index is 2.52. The molecule has 1 aromatic heterocycles. The highest BCUT2D eigenvalue weighted by Crippen LogP contribution is 2.30. The molecular formula is C15H18BrN3O. The second-order valence-corrected chi connectivity index (χ2v) is 5.43. The summed E-state index contributed by atoms with van der Waals surface area (Å²) in [5.41, 5.74) is 4.33. The van der Waals surface area contributed by atoms with Crippen LogP contribution < -0.4 is 10.1 Å². The van der Waals surface area contributed by atoms with Crippen LogP contribution in [0, 0.1) is 13.8 Å². The Morgan fingerprint density at radius 1 is 1.15 bits per heavy atom. The molecule has 0 aliphatic heterocycles. The van der Waals surface area contributed by atoms with Crippen LogP contribution >= 0.6 is 15.9 Å². The van der Waals surface area contributed by atoms with E-state index >= 15 is 0 Å². The summed E-state index contributed by atoms with van der Waals surface area (Å²) in [6, 6.07) is 4.24. The number of aromatic nitrogens is 2. The van der Waals surface area contributed by atoms with Crippen molar-refractivity contribution in [2.24, 2.45) is 0 Å². The largest absolute Gasteiger partial charge is 0.480 e. The zero-order chi connectivity index (χ0) is 14.7. The van der Waals surface area contributed by atoms with Crippen LogP contribution in [-0.4, -0.2) is 24.1 Å². The van der Waals surface area contributed by atoms with Crippen LogP contribution in [0.2, 0.25) is 0 Å². The van der Waals surface area contributed by atoms with E-state index in [1.165, 1.54) is 11.1 Å². The van der Waals surface area contributed by atoms with E-state index in [0.29, 0.717) is 5.88 Å². The number of hydrogen-bond donors (Lipinski definition) is 1. The van der Waals surface area contributed by atoms with Gasteiger partial charge in [0.05, 0.1) is 13.2 Å². The van der Waals surface area contributed by atoms with Crippen molar-refractivity contribution in [2.75, 3.05) is 14.2 Å². The SMILES string of the molecule is CNC(c1cc(C)c(Br)c(C)c1)c1nccnc1OC. The van der Waals surface area contributed by atoms with E-state index in [-0.39, 0.29) is 6.04 Å². The number of halogens is 1. The third kappa shape index (κ3) is 2.83. The Kier molecular flexibility index (Phi) is 4.73. The lowest BCUT2D eigenvalue weighted by Gasteiger charge is -2.19. The fourth-order valence-electron chi connectivity index (χ4n) is 2.30. The molecule has 5 heteroatoms. The van der Waals surface area contributed by atoms with E-state index < -0.39 is 0 Å². The molecule has 0 fully saturated rings. The van der Waals surface area contributed by atoms with Gasteiger partial charge in [-0.15, -0.1) is 0 Å². The van der Waals surface area contributed by atoms with Gasteiger partial charge in [-0.3, -0.25) is 4.98 Å². The van der Waals surface area contributed by atoms with E-state index in [0.717, 1.165) is 15.7 Å². The second kappa shape index (κ2) is 6.33. The van der Waals surface area contributed by atoms with Crippen molar-refractivity contribution >= 4 is 15.9 Å². The van der Waals surface area contributed by atoms with Gasteiger partial charge in [0.15, 0.2) is 0 Å². The van der Waals surface area contributed by atoms with Gasteiger partial charge in [-0.05, 0) is 37.6 Å². The van der Waals surface area contributed by atoms with Crippen molar-refractivity contribution in [3.05, 3.63) is 51.4 Å². The minimum atomic E-state index is -0.0517. The summed E-state index contributed by atoms with van der Waals surface area (Å²) in [4.78, 5) is 8.64.